The van der Waals surface area contributed by atoms with E-state index in [9.17, 15) is 0 Å². The molecule has 0 saturated carbocycles. The van der Waals surface area contributed by atoms with Crippen LogP contribution in [0.1, 0.15) is 25.0 Å². The summed E-state index contributed by atoms with van der Waals surface area (Å²) in [6.45, 7) is 4.70. The lowest BCUT2D eigenvalue weighted by Gasteiger charge is -2.21. The molecule has 0 bridgehead atoms. The van der Waals surface area contributed by atoms with Gasteiger partial charge in [-0.25, -0.2) is 9.97 Å². The minimum atomic E-state index is -0.0159. The van der Waals surface area contributed by atoms with Gasteiger partial charge in [-0.2, -0.15) is 0 Å². The van der Waals surface area contributed by atoms with E-state index in [1.807, 2.05) is 24.3 Å². The maximum absolute atomic E-state index is 5.09. The van der Waals surface area contributed by atoms with Gasteiger partial charge >= 0.3 is 0 Å². The van der Waals surface area contributed by atoms with Gasteiger partial charge in [0, 0.05) is 22.1 Å². The fraction of sp³-hybridized carbons (Fsp3) is 0.0588. The SMILES string of the molecule is CC1(C)c2ccccc2-c2cc3c(ccc4ccc(-c5ccc(-c6cc(-c7ccc(-c8ccccc8)cc7)nc(-c7ccccc7)n6)cc5)cc43)cc21. The summed E-state index contributed by atoms with van der Waals surface area (Å²) in [5.41, 5.74) is 15.2. The quantitative estimate of drug-likeness (QED) is 0.170. The molecule has 0 aliphatic heterocycles. The van der Waals surface area contributed by atoms with Gasteiger partial charge in [0.25, 0.3) is 0 Å². The highest BCUT2D eigenvalue weighted by Gasteiger charge is 2.35. The van der Waals surface area contributed by atoms with Crippen LogP contribution >= 0.6 is 0 Å². The smallest absolute Gasteiger partial charge is 0.160 e. The van der Waals surface area contributed by atoms with Gasteiger partial charge in [-0.05, 0) is 90.3 Å². The topological polar surface area (TPSA) is 25.8 Å². The molecule has 0 amide bonds. The highest BCUT2D eigenvalue weighted by atomic mass is 14.9. The predicted octanol–water partition coefficient (Wildman–Crippen LogP) is 13.4. The predicted molar refractivity (Wildman–Crippen MR) is 222 cm³/mol. The van der Waals surface area contributed by atoms with E-state index < -0.39 is 0 Å². The fourth-order valence-corrected chi connectivity index (χ4v) is 8.19. The normalized spacial score (nSPS) is 12.9. The van der Waals surface area contributed by atoms with Crippen molar-refractivity contribution >= 4 is 21.5 Å². The van der Waals surface area contributed by atoms with Crippen molar-refractivity contribution in [2.45, 2.75) is 19.3 Å². The van der Waals surface area contributed by atoms with Crippen molar-refractivity contribution < 1.29 is 0 Å². The standard InChI is InChI=1S/C51H36N2/c1-51(2)46-16-10-9-15-42(46)45-31-44-41(30-47(45)51)28-22-36-21-27-40(29-43(36)44)35-19-25-38(26-20-35)49-32-48(52-50(53-49)39-13-7-4-8-14-39)37-23-17-34(18-24-37)33-11-5-3-6-12-33/h3-32H,1-2H3. The maximum atomic E-state index is 5.09. The molecule has 1 aliphatic rings. The van der Waals surface area contributed by atoms with Crippen LogP contribution < -0.4 is 0 Å². The first-order chi connectivity index (χ1) is 26.0. The van der Waals surface area contributed by atoms with Crippen LogP contribution in [0.2, 0.25) is 0 Å². The van der Waals surface area contributed by atoms with E-state index in [1.165, 1.54) is 66.1 Å². The van der Waals surface area contributed by atoms with E-state index in [0.29, 0.717) is 5.82 Å². The molecule has 8 aromatic carbocycles. The Morgan fingerprint density at radius 3 is 1.51 bits per heavy atom. The van der Waals surface area contributed by atoms with Crippen molar-refractivity contribution in [2.24, 2.45) is 0 Å². The molecule has 1 aliphatic carbocycles. The molecule has 0 fully saturated rings. The number of aromatic nitrogens is 2. The minimum absolute atomic E-state index is 0.0159. The Hall–Kier alpha value is -6.64. The molecule has 0 saturated heterocycles. The Morgan fingerprint density at radius 2 is 0.830 bits per heavy atom. The summed E-state index contributed by atoms with van der Waals surface area (Å²) in [5, 5.41) is 5.11. The molecule has 1 aromatic heterocycles. The molecule has 1 heterocycles. The van der Waals surface area contributed by atoms with Crippen LogP contribution in [0.4, 0.5) is 0 Å². The van der Waals surface area contributed by atoms with Gasteiger partial charge in [-0.1, -0.05) is 172 Å². The zero-order valence-corrected chi connectivity index (χ0v) is 29.7. The molecule has 9 aromatic rings. The van der Waals surface area contributed by atoms with Gasteiger partial charge in [0.05, 0.1) is 11.4 Å². The van der Waals surface area contributed by atoms with Crippen molar-refractivity contribution in [1.29, 1.82) is 0 Å². The van der Waals surface area contributed by atoms with E-state index in [2.05, 4.69) is 172 Å². The van der Waals surface area contributed by atoms with Crippen molar-refractivity contribution in [3.05, 3.63) is 193 Å². The van der Waals surface area contributed by atoms with Gasteiger partial charge in [0.1, 0.15) is 0 Å². The van der Waals surface area contributed by atoms with E-state index >= 15 is 0 Å². The second-order valence-corrected chi connectivity index (χ2v) is 14.6. The maximum Gasteiger partial charge on any atom is 0.160 e. The van der Waals surface area contributed by atoms with Gasteiger partial charge in [0.2, 0.25) is 0 Å². The number of fused-ring (bicyclic) bond motifs is 6. The third-order valence-electron chi connectivity index (χ3n) is 11.1. The summed E-state index contributed by atoms with van der Waals surface area (Å²) in [4.78, 5) is 10.1. The summed E-state index contributed by atoms with van der Waals surface area (Å²) >= 11 is 0. The third-order valence-corrected chi connectivity index (χ3v) is 11.1. The van der Waals surface area contributed by atoms with E-state index in [0.717, 1.165) is 28.1 Å². The molecule has 0 spiro atoms. The van der Waals surface area contributed by atoms with Crippen molar-refractivity contribution in [2.75, 3.05) is 0 Å². The molecule has 0 radical (unpaired) electrons. The minimum Gasteiger partial charge on any atom is -0.228 e. The van der Waals surface area contributed by atoms with Gasteiger partial charge in [-0.3, -0.25) is 0 Å². The molecule has 53 heavy (non-hydrogen) atoms. The summed E-state index contributed by atoms with van der Waals surface area (Å²) in [5.74, 6) is 0.716. The molecule has 0 atom stereocenters. The fourth-order valence-electron chi connectivity index (χ4n) is 8.19. The van der Waals surface area contributed by atoms with Crippen molar-refractivity contribution in [3.63, 3.8) is 0 Å². The average Bonchev–Trinajstić information content (AvgIpc) is 3.45. The Kier molecular flexibility index (Phi) is 7.19. The van der Waals surface area contributed by atoms with Gasteiger partial charge in [-0.15, -0.1) is 0 Å². The monoisotopic (exact) mass is 676 g/mol. The van der Waals surface area contributed by atoms with E-state index in [-0.39, 0.29) is 5.41 Å². The molecular formula is C51H36N2. The highest BCUT2D eigenvalue weighted by molar-refractivity contribution is 6.11. The second-order valence-electron chi connectivity index (χ2n) is 14.6. The molecule has 0 N–H and O–H groups in total. The lowest BCUT2D eigenvalue weighted by Crippen LogP contribution is -2.14. The van der Waals surface area contributed by atoms with Crippen molar-refractivity contribution in [3.8, 4) is 67.3 Å². The first-order valence-corrected chi connectivity index (χ1v) is 18.3. The number of hydrogen-bond acceptors (Lipinski definition) is 2. The van der Waals surface area contributed by atoms with Crippen LogP contribution in [0, 0.1) is 0 Å². The zero-order chi connectivity index (χ0) is 35.5. The number of hydrogen-bond donors (Lipinski definition) is 0. The van der Waals surface area contributed by atoms with Crippen LogP contribution in [0.5, 0.6) is 0 Å². The van der Waals surface area contributed by atoms with E-state index in [1.54, 1.807) is 0 Å². The van der Waals surface area contributed by atoms with Crippen LogP contribution in [0.3, 0.4) is 0 Å². The van der Waals surface area contributed by atoms with Crippen molar-refractivity contribution in [1.82, 2.24) is 9.97 Å². The first kappa shape index (κ1) is 31.1. The van der Waals surface area contributed by atoms with Crippen LogP contribution in [-0.2, 0) is 5.41 Å². The average molecular weight is 677 g/mol. The molecule has 2 heteroatoms. The Bertz CT molecular complexity index is 2820. The highest BCUT2D eigenvalue weighted by Crippen LogP contribution is 2.50. The Morgan fingerprint density at radius 1 is 0.340 bits per heavy atom. The Labute approximate surface area is 310 Å². The number of rotatable bonds is 5. The third kappa shape index (κ3) is 5.34. The van der Waals surface area contributed by atoms with Gasteiger partial charge < -0.3 is 0 Å². The second kappa shape index (κ2) is 12.3. The van der Waals surface area contributed by atoms with E-state index in [4.69, 9.17) is 9.97 Å². The zero-order valence-electron chi connectivity index (χ0n) is 29.7. The molecule has 250 valence electrons. The molecule has 0 unspecified atom stereocenters. The largest absolute Gasteiger partial charge is 0.228 e. The molecule has 2 nitrogen and oxygen atoms in total. The summed E-state index contributed by atoms with van der Waals surface area (Å²) in [6, 6.07) is 65.4. The summed E-state index contributed by atoms with van der Waals surface area (Å²) < 4.78 is 0. The summed E-state index contributed by atoms with van der Waals surface area (Å²) in [7, 11) is 0. The molecular weight excluding hydrogens is 641 g/mol. The van der Waals surface area contributed by atoms with Crippen LogP contribution in [0.25, 0.3) is 88.8 Å². The number of nitrogens with zero attached hydrogens (tertiary/aromatic N) is 2. The van der Waals surface area contributed by atoms with Crippen LogP contribution in [0.15, 0.2) is 182 Å². The first-order valence-electron chi connectivity index (χ1n) is 18.3. The lowest BCUT2D eigenvalue weighted by molar-refractivity contribution is 0.661. The van der Waals surface area contributed by atoms with Crippen LogP contribution in [-0.4, -0.2) is 9.97 Å². The number of benzene rings is 8. The summed E-state index contributed by atoms with van der Waals surface area (Å²) in [6.07, 6.45) is 0. The molecule has 10 rings (SSSR count). The Balaban J connectivity index is 1.03. The van der Waals surface area contributed by atoms with Gasteiger partial charge in [0.15, 0.2) is 5.82 Å². The lowest BCUT2D eigenvalue weighted by atomic mass is 9.81.